The molecule has 116 valence electrons. The molecule has 2 N–H and O–H groups in total. The Bertz CT molecular complexity index is 449. The second kappa shape index (κ2) is 6.27. The van der Waals surface area contributed by atoms with E-state index in [0.717, 1.165) is 17.9 Å². The Balaban J connectivity index is 1.66. The molecule has 3 rings (SSSR count). The van der Waals surface area contributed by atoms with Gasteiger partial charge >= 0.3 is 0 Å². The van der Waals surface area contributed by atoms with Gasteiger partial charge in [-0.15, -0.1) is 0 Å². The van der Waals surface area contributed by atoms with E-state index in [1.165, 1.54) is 38.5 Å². The average molecular weight is 289 g/mol. The Morgan fingerprint density at radius 2 is 1.67 bits per heavy atom. The van der Waals surface area contributed by atoms with Crippen LogP contribution in [0.1, 0.15) is 51.9 Å². The molecule has 0 bridgehead atoms. The van der Waals surface area contributed by atoms with Gasteiger partial charge in [-0.1, -0.05) is 25.7 Å². The van der Waals surface area contributed by atoms with Crippen molar-refractivity contribution in [1.29, 1.82) is 0 Å². The van der Waals surface area contributed by atoms with Crippen molar-refractivity contribution in [3.63, 3.8) is 0 Å². The highest BCUT2D eigenvalue weighted by atomic mass is 16.5. The fourth-order valence-corrected chi connectivity index (χ4v) is 3.97. The van der Waals surface area contributed by atoms with Crippen LogP contribution >= 0.6 is 0 Å². The first kappa shape index (κ1) is 14.7. The summed E-state index contributed by atoms with van der Waals surface area (Å²) in [5, 5.41) is 0. The van der Waals surface area contributed by atoms with Gasteiger partial charge in [0, 0.05) is 17.9 Å². The van der Waals surface area contributed by atoms with Crippen molar-refractivity contribution in [2.45, 2.75) is 64.0 Å². The number of hydrogen-bond acceptors (Lipinski definition) is 3. The van der Waals surface area contributed by atoms with E-state index in [9.17, 15) is 0 Å². The lowest BCUT2D eigenvalue weighted by molar-refractivity contribution is -0.0770. The Kier molecular flexibility index (Phi) is 4.39. The third-order valence-electron chi connectivity index (χ3n) is 5.30. The Morgan fingerprint density at radius 3 is 2.24 bits per heavy atom. The topological polar surface area (TPSA) is 44.5 Å². The van der Waals surface area contributed by atoms with E-state index in [4.69, 9.17) is 15.2 Å². The molecule has 0 heterocycles. The zero-order valence-corrected chi connectivity index (χ0v) is 13.0. The predicted molar refractivity (Wildman–Crippen MR) is 84.8 cm³/mol. The smallest absolute Gasteiger partial charge is 0.120 e. The van der Waals surface area contributed by atoms with Crippen molar-refractivity contribution in [3.05, 3.63) is 24.3 Å². The van der Waals surface area contributed by atoms with Crippen LogP contribution in [0.3, 0.4) is 0 Å². The maximum Gasteiger partial charge on any atom is 0.120 e. The fraction of sp³-hybridized carbons (Fsp3) is 0.667. The van der Waals surface area contributed by atoms with Crippen LogP contribution in [0, 0.1) is 5.41 Å². The van der Waals surface area contributed by atoms with Gasteiger partial charge in [0.25, 0.3) is 0 Å². The molecular formula is C18H27NO2. The van der Waals surface area contributed by atoms with E-state index in [1.807, 2.05) is 31.2 Å². The van der Waals surface area contributed by atoms with Crippen LogP contribution in [0.25, 0.3) is 0 Å². The number of hydrogen-bond donors (Lipinski definition) is 1. The first-order valence-corrected chi connectivity index (χ1v) is 8.40. The fourth-order valence-electron chi connectivity index (χ4n) is 3.97. The molecule has 2 atom stereocenters. The molecule has 3 heteroatoms. The second-order valence-electron chi connectivity index (χ2n) is 6.50. The molecular weight excluding hydrogens is 262 g/mol. The average Bonchev–Trinajstić information content (AvgIpc) is 2.77. The van der Waals surface area contributed by atoms with Gasteiger partial charge < -0.3 is 15.2 Å². The third-order valence-corrected chi connectivity index (χ3v) is 5.30. The molecule has 21 heavy (non-hydrogen) atoms. The zero-order chi connectivity index (χ0) is 14.7. The van der Waals surface area contributed by atoms with E-state index in [-0.39, 0.29) is 5.41 Å². The number of benzene rings is 1. The van der Waals surface area contributed by atoms with E-state index in [1.54, 1.807) is 0 Å². The van der Waals surface area contributed by atoms with Gasteiger partial charge in [0.2, 0.25) is 0 Å². The number of nitrogens with two attached hydrogens (primary N) is 1. The molecule has 0 aromatic heterocycles. The largest absolute Gasteiger partial charge is 0.494 e. The van der Waals surface area contributed by atoms with Crippen molar-refractivity contribution in [2.24, 2.45) is 11.1 Å². The molecule has 2 fully saturated rings. The predicted octanol–water partition coefficient (Wildman–Crippen LogP) is 3.90. The van der Waals surface area contributed by atoms with E-state index in [2.05, 4.69) is 0 Å². The van der Waals surface area contributed by atoms with Crippen LogP contribution in [-0.2, 0) is 0 Å². The number of ether oxygens (including phenoxy) is 2. The van der Waals surface area contributed by atoms with Gasteiger partial charge in [-0.3, -0.25) is 0 Å². The lowest BCUT2D eigenvalue weighted by Gasteiger charge is -2.54. The van der Waals surface area contributed by atoms with E-state index < -0.39 is 0 Å². The SMILES string of the molecule is CCOc1ccc(OC2CC(N)C23CCCCCC3)cc1. The molecule has 2 unspecified atom stereocenters. The molecule has 0 saturated heterocycles. The molecule has 2 aliphatic carbocycles. The lowest BCUT2D eigenvalue weighted by Crippen LogP contribution is -2.63. The molecule has 1 aromatic rings. The highest BCUT2D eigenvalue weighted by Crippen LogP contribution is 2.51. The van der Waals surface area contributed by atoms with Crippen LogP contribution in [-0.4, -0.2) is 18.8 Å². The van der Waals surface area contributed by atoms with Crippen LogP contribution in [0.4, 0.5) is 0 Å². The minimum atomic E-state index is 0.231. The minimum Gasteiger partial charge on any atom is -0.494 e. The van der Waals surface area contributed by atoms with Crippen molar-refractivity contribution < 1.29 is 9.47 Å². The summed E-state index contributed by atoms with van der Waals surface area (Å²) >= 11 is 0. The van der Waals surface area contributed by atoms with Gasteiger partial charge in [0.05, 0.1) is 6.61 Å². The van der Waals surface area contributed by atoms with Crippen molar-refractivity contribution >= 4 is 0 Å². The molecule has 2 saturated carbocycles. The maximum absolute atomic E-state index is 6.37. The van der Waals surface area contributed by atoms with Gasteiger partial charge in [-0.2, -0.15) is 0 Å². The maximum atomic E-state index is 6.37. The third kappa shape index (κ3) is 2.89. The molecule has 3 nitrogen and oxygen atoms in total. The van der Waals surface area contributed by atoms with Gasteiger partial charge in [0.1, 0.15) is 17.6 Å². The second-order valence-corrected chi connectivity index (χ2v) is 6.50. The molecule has 0 aliphatic heterocycles. The molecule has 0 radical (unpaired) electrons. The molecule has 1 spiro atoms. The van der Waals surface area contributed by atoms with Gasteiger partial charge in [-0.25, -0.2) is 0 Å². The summed E-state index contributed by atoms with van der Waals surface area (Å²) in [6.45, 7) is 2.69. The van der Waals surface area contributed by atoms with Gasteiger partial charge in [0.15, 0.2) is 0 Å². The number of rotatable bonds is 4. The van der Waals surface area contributed by atoms with Crippen molar-refractivity contribution in [3.8, 4) is 11.5 Å². The zero-order valence-electron chi connectivity index (χ0n) is 13.0. The monoisotopic (exact) mass is 289 g/mol. The summed E-state index contributed by atoms with van der Waals surface area (Å²) in [4.78, 5) is 0. The molecule has 0 amide bonds. The van der Waals surface area contributed by atoms with E-state index in [0.29, 0.717) is 18.8 Å². The highest BCUT2D eigenvalue weighted by Gasteiger charge is 2.54. The Hall–Kier alpha value is -1.22. The first-order valence-electron chi connectivity index (χ1n) is 8.40. The quantitative estimate of drug-likeness (QED) is 0.914. The summed E-state index contributed by atoms with van der Waals surface area (Å²) in [6.07, 6.45) is 9.06. The summed E-state index contributed by atoms with van der Waals surface area (Å²) in [5.74, 6) is 1.85. The Morgan fingerprint density at radius 1 is 1.05 bits per heavy atom. The van der Waals surface area contributed by atoms with Crippen molar-refractivity contribution in [1.82, 2.24) is 0 Å². The summed E-state index contributed by atoms with van der Waals surface area (Å²) in [6, 6.07) is 8.32. The van der Waals surface area contributed by atoms with Crippen LogP contribution in [0.2, 0.25) is 0 Å². The normalized spacial score (nSPS) is 27.7. The standard InChI is InChI=1S/C18H27NO2/c1-2-20-14-7-9-15(10-8-14)21-17-13-16(19)18(17)11-5-3-4-6-12-18/h7-10,16-17H,2-6,11-13,19H2,1H3. The highest BCUT2D eigenvalue weighted by molar-refractivity contribution is 5.32. The summed E-state index contributed by atoms with van der Waals surface area (Å²) < 4.78 is 11.7. The van der Waals surface area contributed by atoms with Crippen molar-refractivity contribution in [2.75, 3.05) is 6.61 Å². The summed E-state index contributed by atoms with van der Waals surface area (Å²) in [5.41, 5.74) is 6.60. The van der Waals surface area contributed by atoms with E-state index >= 15 is 0 Å². The summed E-state index contributed by atoms with van der Waals surface area (Å²) in [7, 11) is 0. The first-order chi connectivity index (χ1) is 10.2. The van der Waals surface area contributed by atoms with Crippen LogP contribution in [0.15, 0.2) is 24.3 Å². The van der Waals surface area contributed by atoms with Crippen LogP contribution in [0.5, 0.6) is 11.5 Å². The lowest BCUT2D eigenvalue weighted by atomic mass is 9.58. The molecule has 1 aromatic carbocycles. The van der Waals surface area contributed by atoms with Crippen LogP contribution < -0.4 is 15.2 Å². The molecule has 2 aliphatic rings. The van der Waals surface area contributed by atoms with Gasteiger partial charge in [-0.05, 0) is 44.0 Å². The minimum absolute atomic E-state index is 0.231. The Labute approximate surface area is 127 Å².